The fourth-order valence-corrected chi connectivity index (χ4v) is 6.71. The Labute approximate surface area is 274 Å². The molecular weight excluding hydrogens is 632 g/mol. The minimum Gasteiger partial charge on any atom is -0.456 e. The number of furan rings is 1. The zero-order valence-electron chi connectivity index (χ0n) is 25.0. The maximum atomic E-state index is 6.15. The van der Waals surface area contributed by atoms with Crippen LogP contribution in [0.25, 0.3) is 77.8 Å². The highest BCUT2D eigenvalue weighted by atomic mass is 79.9. The predicted molar refractivity (Wildman–Crippen MR) is 193 cm³/mol. The SMILES string of the molecule is C=C/C=C(\C=C/C)c1nc(-c2ccccc2)nc(-n2c3ccccc3c3ccc(-c4ccc5oc6cccc(Br)c6c5c4)cc32)n1. The lowest BCUT2D eigenvalue weighted by Gasteiger charge is -2.11. The summed E-state index contributed by atoms with van der Waals surface area (Å²) >= 11 is 3.73. The molecule has 0 aliphatic heterocycles. The number of allylic oxidation sites excluding steroid dienone is 5. The minimum absolute atomic E-state index is 0.548. The van der Waals surface area contributed by atoms with E-state index in [1.165, 1.54) is 0 Å². The van der Waals surface area contributed by atoms with Crippen LogP contribution in [0.2, 0.25) is 0 Å². The molecule has 0 radical (unpaired) electrons. The molecule has 5 aromatic carbocycles. The number of hydrogen-bond donors (Lipinski definition) is 0. The highest BCUT2D eigenvalue weighted by molar-refractivity contribution is 9.10. The summed E-state index contributed by atoms with van der Waals surface area (Å²) in [5, 5.41) is 4.39. The van der Waals surface area contributed by atoms with Gasteiger partial charge in [0.2, 0.25) is 5.95 Å². The molecule has 0 unspecified atom stereocenters. The van der Waals surface area contributed by atoms with Gasteiger partial charge in [0.25, 0.3) is 0 Å². The summed E-state index contributed by atoms with van der Waals surface area (Å²) in [7, 11) is 0. The van der Waals surface area contributed by atoms with E-state index in [-0.39, 0.29) is 0 Å². The monoisotopic (exact) mass is 658 g/mol. The van der Waals surface area contributed by atoms with Crippen LogP contribution in [0.1, 0.15) is 12.7 Å². The quantitative estimate of drug-likeness (QED) is 0.167. The highest BCUT2D eigenvalue weighted by Gasteiger charge is 2.19. The van der Waals surface area contributed by atoms with Crippen LogP contribution in [0.5, 0.6) is 0 Å². The van der Waals surface area contributed by atoms with E-state index in [1.807, 2.05) is 73.7 Å². The second-order valence-corrected chi connectivity index (χ2v) is 11.9. The average molecular weight is 660 g/mol. The Kier molecular flexibility index (Phi) is 6.92. The summed E-state index contributed by atoms with van der Waals surface area (Å²) in [5.41, 5.74) is 7.69. The molecule has 0 aliphatic rings. The zero-order valence-corrected chi connectivity index (χ0v) is 26.6. The molecule has 6 heteroatoms. The summed E-state index contributed by atoms with van der Waals surface area (Å²) in [6.07, 6.45) is 7.65. The van der Waals surface area contributed by atoms with Gasteiger partial charge in [0.05, 0.1) is 11.0 Å². The highest BCUT2D eigenvalue weighted by Crippen LogP contribution is 2.38. The Morgan fingerprint density at radius 3 is 2.35 bits per heavy atom. The summed E-state index contributed by atoms with van der Waals surface area (Å²) in [6, 6.07) is 37.4. The van der Waals surface area contributed by atoms with Crippen LogP contribution < -0.4 is 0 Å². The molecule has 3 aromatic heterocycles. The van der Waals surface area contributed by atoms with Gasteiger partial charge >= 0.3 is 0 Å². The Balaban J connectivity index is 1.39. The van der Waals surface area contributed by atoms with Crippen LogP contribution in [0, 0.1) is 0 Å². The first kappa shape index (κ1) is 27.9. The van der Waals surface area contributed by atoms with E-state index in [9.17, 15) is 0 Å². The zero-order chi connectivity index (χ0) is 31.2. The molecule has 8 rings (SSSR count). The molecule has 46 heavy (non-hydrogen) atoms. The standard InChI is InChI=1S/C40H27BrN4O/c1-3-11-25(12-4-2)38-42-39(26-13-6-5-7-14-26)44-40(43-38)45-33-17-9-8-15-29(33)30-21-19-28(24-34(30)45)27-20-22-35-31(23-27)37-32(41)16-10-18-36(37)46-35/h3-24H,1H2,2H3/b12-4-,25-11+. The van der Waals surface area contributed by atoms with Crippen molar-refractivity contribution in [3.05, 3.63) is 150 Å². The van der Waals surface area contributed by atoms with Gasteiger partial charge in [-0.3, -0.25) is 4.57 Å². The van der Waals surface area contributed by atoms with Crippen LogP contribution in [0.3, 0.4) is 0 Å². The molecular formula is C40H27BrN4O. The molecule has 0 amide bonds. The number of benzene rings is 5. The Morgan fingerprint density at radius 1 is 0.717 bits per heavy atom. The topological polar surface area (TPSA) is 56.7 Å². The lowest BCUT2D eigenvalue weighted by molar-refractivity contribution is 0.669. The van der Waals surface area contributed by atoms with E-state index in [1.54, 1.807) is 6.08 Å². The second kappa shape index (κ2) is 11.4. The van der Waals surface area contributed by atoms with Crippen LogP contribution in [-0.4, -0.2) is 19.5 Å². The molecule has 3 heterocycles. The van der Waals surface area contributed by atoms with Crippen molar-refractivity contribution in [3.63, 3.8) is 0 Å². The molecule has 5 nitrogen and oxygen atoms in total. The van der Waals surface area contributed by atoms with Crippen molar-refractivity contribution in [1.29, 1.82) is 0 Å². The fourth-order valence-electron chi connectivity index (χ4n) is 6.15. The molecule has 0 aliphatic carbocycles. The maximum Gasteiger partial charge on any atom is 0.238 e. The van der Waals surface area contributed by atoms with Crippen molar-refractivity contribution in [3.8, 4) is 28.5 Å². The van der Waals surface area contributed by atoms with Crippen LogP contribution in [0.15, 0.2) is 149 Å². The molecule has 0 atom stereocenters. The smallest absolute Gasteiger partial charge is 0.238 e. The molecule has 0 fully saturated rings. The lowest BCUT2D eigenvalue weighted by atomic mass is 10.0. The van der Waals surface area contributed by atoms with E-state index in [0.29, 0.717) is 17.6 Å². The first-order chi connectivity index (χ1) is 22.6. The fraction of sp³-hybridized carbons (Fsp3) is 0.0250. The van der Waals surface area contributed by atoms with Gasteiger partial charge in [0.15, 0.2) is 11.6 Å². The van der Waals surface area contributed by atoms with E-state index in [2.05, 4.69) is 87.7 Å². The number of rotatable bonds is 6. The molecule has 220 valence electrons. The van der Waals surface area contributed by atoms with Crippen molar-refractivity contribution in [2.24, 2.45) is 0 Å². The van der Waals surface area contributed by atoms with E-state index < -0.39 is 0 Å². The molecule has 0 spiro atoms. The largest absolute Gasteiger partial charge is 0.456 e. The first-order valence-electron chi connectivity index (χ1n) is 15.0. The molecule has 0 saturated heterocycles. The predicted octanol–water partition coefficient (Wildman–Crippen LogP) is 11.1. The van der Waals surface area contributed by atoms with Gasteiger partial charge in [-0.05, 0) is 54.4 Å². The Morgan fingerprint density at radius 2 is 1.50 bits per heavy atom. The number of para-hydroxylation sites is 1. The van der Waals surface area contributed by atoms with Gasteiger partial charge < -0.3 is 4.42 Å². The van der Waals surface area contributed by atoms with Crippen LogP contribution in [0.4, 0.5) is 0 Å². The van der Waals surface area contributed by atoms with Gasteiger partial charge in [-0.15, -0.1) is 0 Å². The summed E-state index contributed by atoms with van der Waals surface area (Å²) in [4.78, 5) is 15.1. The second-order valence-electron chi connectivity index (χ2n) is 11.0. The molecule has 0 N–H and O–H groups in total. The summed E-state index contributed by atoms with van der Waals surface area (Å²) in [6.45, 7) is 5.90. The molecule has 0 bridgehead atoms. The number of halogens is 1. The van der Waals surface area contributed by atoms with E-state index in [4.69, 9.17) is 19.4 Å². The Bertz CT molecular complexity index is 2520. The van der Waals surface area contributed by atoms with Gasteiger partial charge in [0, 0.05) is 37.2 Å². The van der Waals surface area contributed by atoms with Crippen LogP contribution in [-0.2, 0) is 0 Å². The third-order valence-corrected chi connectivity index (χ3v) is 8.87. The number of nitrogens with zero attached hydrogens (tertiary/aromatic N) is 4. The third-order valence-electron chi connectivity index (χ3n) is 8.21. The average Bonchev–Trinajstić information content (AvgIpc) is 3.64. The minimum atomic E-state index is 0.548. The van der Waals surface area contributed by atoms with E-state index >= 15 is 0 Å². The van der Waals surface area contributed by atoms with Gasteiger partial charge in [-0.2, -0.15) is 9.97 Å². The van der Waals surface area contributed by atoms with Crippen molar-refractivity contribution < 1.29 is 4.42 Å². The van der Waals surface area contributed by atoms with Crippen molar-refractivity contribution in [2.45, 2.75) is 6.92 Å². The molecule has 0 saturated carbocycles. The van der Waals surface area contributed by atoms with Crippen molar-refractivity contribution in [1.82, 2.24) is 19.5 Å². The summed E-state index contributed by atoms with van der Waals surface area (Å²) in [5.74, 6) is 1.73. The molecule has 8 aromatic rings. The van der Waals surface area contributed by atoms with Gasteiger partial charge in [-0.25, -0.2) is 4.98 Å². The lowest BCUT2D eigenvalue weighted by Crippen LogP contribution is -2.08. The third kappa shape index (κ3) is 4.66. The first-order valence-corrected chi connectivity index (χ1v) is 15.8. The van der Waals surface area contributed by atoms with Crippen LogP contribution >= 0.6 is 15.9 Å². The normalized spacial score (nSPS) is 12.3. The van der Waals surface area contributed by atoms with E-state index in [0.717, 1.165) is 70.5 Å². The maximum absolute atomic E-state index is 6.15. The Hall–Kier alpha value is -5.59. The van der Waals surface area contributed by atoms with Crippen molar-refractivity contribution in [2.75, 3.05) is 0 Å². The van der Waals surface area contributed by atoms with Gasteiger partial charge in [-0.1, -0.05) is 120 Å². The van der Waals surface area contributed by atoms with Crippen molar-refractivity contribution >= 4 is 65.2 Å². The number of aromatic nitrogens is 4. The number of hydrogen-bond acceptors (Lipinski definition) is 4. The van der Waals surface area contributed by atoms with Gasteiger partial charge in [0.1, 0.15) is 11.2 Å². The number of fused-ring (bicyclic) bond motifs is 6. The summed E-state index contributed by atoms with van der Waals surface area (Å²) < 4.78 is 9.31.